The Morgan fingerprint density at radius 3 is 2.37 bits per heavy atom. The number of primary amides is 1. The Kier molecular flexibility index (Phi) is 7.54. The van der Waals surface area contributed by atoms with Gasteiger partial charge in [0, 0.05) is 0 Å². The van der Waals surface area contributed by atoms with E-state index < -0.39 is 28.4 Å². The molecule has 9 nitrogen and oxygen atoms in total. The van der Waals surface area contributed by atoms with E-state index in [4.69, 9.17) is 10.5 Å². The first-order valence-electron chi connectivity index (χ1n) is 8.94. The standard InChI is InChI=1S/C20H24N4O5S/c1-14-4-7-17(10-15(14)2)24(30(3,27)28)12-20(26)23-22-11-16-5-8-18(9-6-16)29-13-19(21)25/h4-11H,12-13H2,1-3H3,(H2,21,25)(H,23,26). The zero-order valence-electron chi connectivity index (χ0n) is 17.0. The molecule has 2 aromatic carbocycles. The van der Waals surface area contributed by atoms with E-state index in [1.165, 1.54) is 6.21 Å². The fourth-order valence-corrected chi connectivity index (χ4v) is 3.28. The second-order valence-electron chi connectivity index (χ2n) is 6.66. The van der Waals surface area contributed by atoms with Crippen molar-refractivity contribution in [3.05, 3.63) is 59.2 Å². The van der Waals surface area contributed by atoms with Crippen LogP contribution in [0.1, 0.15) is 16.7 Å². The number of ether oxygens (including phenoxy) is 1. The molecule has 0 aliphatic carbocycles. The topological polar surface area (TPSA) is 131 Å². The molecule has 0 aromatic heterocycles. The van der Waals surface area contributed by atoms with E-state index in [1.54, 1.807) is 42.5 Å². The molecule has 160 valence electrons. The molecule has 0 saturated carbocycles. The summed E-state index contributed by atoms with van der Waals surface area (Å²) in [6.07, 6.45) is 2.44. The lowest BCUT2D eigenvalue weighted by atomic mass is 10.1. The number of benzene rings is 2. The number of sulfonamides is 1. The van der Waals surface area contributed by atoms with E-state index >= 15 is 0 Å². The number of hydrogen-bond acceptors (Lipinski definition) is 6. The third-order valence-electron chi connectivity index (χ3n) is 4.13. The molecule has 0 aliphatic heterocycles. The highest BCUT2D eigenvalue weighted by Crippen LogP contribution is 2.21. The van der Waals surface area contributed by atoms with Gasteiger partial charge in [0.25, 0.3) is 11.8 Å². The highest BCUT2D eigenvalue weighted by Gasteiger charge is 2.21. The van der Waals surface area contributed by atoms with Gasteiger partial charge in [0.05, 0.1) is 18.2 Å². The van der Waals surface area contributed by atoms with Gasteiger partial charge in [-0.3, -0.25) is 13.9 Å². The number of amides is 2. The highest BCUT2D eigenvalue weighted by atomic mass is 32.2. The van der Waals surface area contributed by atoms with E-state index in [0.29, 0.717) is 17.0 Å². The first kappa shape index (κ1) is 22.9. The van der Waals surface area contributed by atoms with Crippen LogP contribution in [-0.4, -0.2) is 45.9 Å². The Bertz CT molecular complexity index is 1050. The number of nitrogens with two attached hydrogens (primary N) is 1. The van der Waals surface area contributed by atoms with Gasteiger partial charge in [-0.15, -0.1) is 0 Å². The lowest BCUT2D eigenvalue weighted by Gasteiger charge is -2.22. The van der Waals surface area contributed by atoms with Crippen LogP contribution in [0, 0.1) is 13.8 Å². The van der Waals surface area contributed by atoms with Gasteiger partial charge in [0.15, 0.2) is 6.61 Å². The summed E-state index contributed by atoms with van der Waals surface area (Å²) in [6, 6.07) is 11.8. The van der Waals surface area contributed by atoms with Crippen molar-refractivity contribution in [1.29, 1.82) is 0 Å². The minimum Gasteiger partial charge on any atom is -0.484 e. The average molecular weight is 433 g/mol. The van der Waals surface area contributed by atoms with Gasteiger partial charge in [-0.1, -0.05) is 6.07 Å². The summed E-state index contributed by atoms with van der Waals surface area (Å²) in [5, 5.41) is 3.84. The Balaban J connectivity index is 2.00. The van der Waals surface area contributed by atoms with Crippen molar-refractivity contribution in [2.24, 2.45) is 10.8 Å². The van der Waals surface area contributed by atoms with Crippen LogP contribution in [0.15, 0.2) is 47.6 Å². The predicted molar refractivity (Wildman–Crippen MR) is 115 cm³/mol. The summed E-state index contributed by atoms with van der Waals surface area (Å²) in [5.41, 5.74) is 10.3. The number of anilines is 1. The number of nitrogens with one attached hydrogen (secondary N) is 1. The molecule has 0 unspecified atom stereocenters. The maximum atomic E-state index is 12.2. The Morgan fingerprint density at radius 2 is 1.80 bits per heavy atom. The van der Waals surface area contributed by atoms with Crippen LogP contribution in [0.4, 0.5) is 5.69 Å². The SMILES string of the molecule is Cc1ccc(N(CC(=O)NN=Cc2ccc(OCC(N)=O)cc2)S(C)(=O)=O)cc1C. The van der Waals surface area contributed by atoms with Crippen LogP contribution in [0.3, 0.4) is 0 Å². The number of nitrogens with zero attached hydrogens (tertiary/aromatic N) is 2. The van der Waals surface area contributed by atoms with E-state index in [9.17, 15) is 18.0 Å². The van der Waals surface area contributed by atoms with Gasteiger partial charge in [0.2, 0.25) is 10.0 Å². The van der Waals surface area contributed by atoms with Crippen LogP contribution in [0.5, 0.6) is 5.75 Å². The van der Waals surface area contributed by atoms with Gasteiger partial charge in [-0.25, -0.2) is 13.8 Å². The summed E-state index contributed by atoms with van der Waals surface area (Å²) < 4.78 is 30.5. The van der Waals surface area contributed by atoms with Crippen molar-refractivity contribution in [3.63, 3.8) is 0 Å². The zero-order valence-corrected chi connectivity index (χ0v) is 17.8. The van der Waals surface area contributed by atoms with Crippen LogP contribution in [0.25, 0.3) is 0 Å². The number of carbonyl (C=O) groups excluding carboxylic acids is 2. The number of hydrogen-bond donors (Lipinski definition) is 2. The molecule has 0 heterocycles. The maximum absolute atomic E-state index is 12.2. The van der Waals surface area contributed by atoms with Crippen LogP contribution in [0.2, 0.25) is 0 Å². The van der Waals surface area contributed by atoms with E-state index in [-0.39, 0.29) is 6.61 Å². The number of carbonyl (C=O) groups is 2. The summed E-state index contributed by atoms with van der Waals surface area (Å²) >= 11 is 0. The van der Waals surface area contributed by atoms with Crippen molar-refractivity contribution in [2.45, 2.75) is 13.8 Å². The van der Waals surface area contributed by atoms with Crippen molar-refractivity contribution in [2.75, 3.05) is 23.7 Å². The third kappa shape index (κ3) is 6.89. The Labute approximate surface area is 175 Å². The summed E-state index contributed by atoms with van der Waals surface area (Å²) in [4.78, 5) is 22.9. The van der Waals surface area contributed by atoms with Crippen molar-refractivity contribution in [1.82, 2.24) is 5.43 Å². The second kappa shape index (κ2) is 9.88. The molecule has 0 spiro atoms. The third-order valence-corrected chi connectivity index (χ3v) is 5.27. The van der Waals surface area contributed by atoms with Crippen LogP contribution in [-0.2, 0) is 19.6 Å². The molecule has 2 aromatic rings. The molecule has 0 bridgehead atoms. The predicted octanol–water partition coefficient (Wildman–Crippen LogP) is 1.08. The monoisotopic (exact) mass is 432 g/mol. The number of aryl methyl sites for hydroxylation is 2. The molecule has 0 atom stereocenters. The molecule has 0 saturated heterocycles. The molecule has 10 heteroatoms. The molecule has 0 radical (unpaired) electrons. The smallest absolute Gasteiger partial charge is 0.260 e. The molecule has 3 N–H and O–H groups in total. The van der Waals surface area contributed by atoms with Crippen LogP contribution < -0.4 is 20.2 Å². The quantitative estimate of drug-likeness (QED) is 0.452. The fourth-order valence-electron chi connectivity index (χ4n) is 2.43. The Hall–Kier alpha value is -3.40. The van der Waals surface area contributed by atoms with Gasteiger partial charge in [-0.05, 0) is 66.9 Å². The lowest BCUT2D eigenvalue weighted by molar-refractivity contribution is -0.120. The minimum atomic E-state index is -3.66. The Morgan fingerprint density at radius 1 is 1.13 bits per heavy atom. The molecule has 2 amide bonds. The first-order valence-corrected chi connectivity index (χ1v) is 10.8. The van der Waals surface area contributed by atoms with Crippen LogP contribution >= 0.6 is 0 Å². The number of rotatable bonds is 9. The van der Waals surface area contributed by atoms with Crippen molar-refractivity contribution < 1.29 is 22.7 Å². The lowest BCUT2D eigenvalue weighted by Crippen LogP contribution is -2.39. The van der Waals surface area contributed by atoms with Gasteiger partial charge < -0.3 is 10.5 Å². The zero-order chi connectivity index (χ0) is 22.3. The van der Waals surface area contributed by atoms with Crippen molar-refractivity contribution >= 4 is 33.7 Å². The first-order chi connectivity index (χ1) is 14.1. The molecule has 0 fully saturated rings. The van der Waals surface area contributed by atoms with Gasteiger partial charge in [-0.2, -0.15) is 5.10 Å². The minimum absolute atomic E-state index is 0.221. The van der Waals surface area contributed by atoms with E-state index in [1.807, 2.05) is 13.8 Å². The van der Waals surface area contributed by atoms with Gasteiger partial charge in [0.1, 0.15) is 12.3 Å². The van der Waals surface area contributed by atoms with Gasteiger partial charge >= 0.3 is 0 Å². The molecule has 0 aliphatic rings. The van der Waals surface area contributed by atoms with E-state index in [0.717, 1.165) is 21.7 Å². The average Bonchev–Trinajstić information content (AvgIpc) is 2.67. The molecule has 2 rings (SSSR count). The second-order valence-corrected chi connectivity index (χ2v) is 8.56. The fraction of sp³-hybridized carbons (Fsp3) is 0.250. The largest absolute Gasteiger partial charge is 0.484 e. The molecular formula is C20H24N4O5S. The summed E-state index contributed by atoms with van der Waals surface area (Å²) in [6.45, 7) is 3.16. The van der Waals surface area contributed by atoms with Crippen molar-refractivity contribution in [3.8, 4) is 5.75 Å². The normalized spacial score (nSPS) is 11.3. The summed E-state index contributed by atoms with van der Waals surface area (Å²) in [7, 11) is -3.66. The van der Waals surface area contributed by atoms with E-state index in [2.05, 4.69) is 10.5 Å². The number of hydrazone groups is 1. The molecular weight excluding hydrogens is 408 g/mol. The maximum Gasteiger partial charge on any atom is 0.260 e. The highest BCUT2D eigenvalue weighted by molar-refractivity contribution is 7.92. The summed E-state index contributed by atoms with van der Waals surface area (Å²) in [5.74, 6) is -0.698. The molecule has 30 heavy (non-hydrogen) atoms.